The van der Waals surface area contributed by atoms with E-state index >= 15 is 0 Å². The van der Waals surface area contributed by atoms with Gasteiger partial charge in [-0.2, -0.15) is 14.0 Å². The maximum absolute atomic E-state index is 12.0. The summed E-state index contributed by atoms with van der Waals surface area (Å²) in [7, 11) is 0.739. The monoisotopic (exact) mass is 283 g/mol. The Morgan fingerprint density at radius 1 is 1.47 bits per heavy atom. The molecule has 0 radical (unpaired) electrons. The second kappa shape index (κ2) is 4.73. The van der Waals surface area contributed by atoms with E-state index in [-0.39, 0.29) is 0 Å². The molecule has 9 heteroatoms. The van der Waals surface area contributed by atoms with Gasteiger partial charge in [0.1, 0.15) is 23.1 Å². The Morgan fingerprint density at radius 2 is 2.06 bits per heavy atom. The minimum Gasteiger partial charge on any atom is -0.506 e. The lowest BCUT2D eigenvalue weighted by molar-refractivity contribution is -0.0502. The van der Waals surface area contributed by atoms with E-state index in [4.69, 9.17) is 15.9 Å². The Morgan fingerprint density at radius 3 is 2.47 bits per heavy atom. The largest absolute Gasteiger partial charge is 0.506 e. The van der Waals surface area contributed by atoms with Crippen LogP contribution in [0.5, 0.6) is 11.5 Å². The summed E-state index contributed by atoms with van der Waals surface area (Å²) in [6.07, 6.45) is 0. The number of alkyl halides is 2. The third-order valence-corrected chi connectivity index (χ3v) is 3.00. The molecular weight excluding hydrogens is 280 g/mol. The molecule has 1 aromatic carbocycles. The highest BCUT2D eigenvalue weighted by molar-refractivity contribution is 8.13. The molecule has 0 atom stereocenters. The van der Waals surface area contributed by atoms with E-state index < -0.39 is 37.6 Å². The number of nitriles is 1. The van der Waals surface area contributed by atoms with Crippen LogP contribution in [-0.2, 0) is 9.05 Å². The van der Waals surface area contributed by atoms with Crippen LogP contribution in [0.4, 0.5) is 8.78 Å². The van der Waals surface area contributed by atoms with E-state index in [1.165, 1.54) is 6.07 Å². The van der Waals surface area contributed by atoms with Crippen LogP contribution in [0.15, 0.2) is 17.0 Å². The fourth-order valence-electron chi connectivity index (χ4n) is 1.02. The van der Waals surface area contributed by atoms with Crippen LogP contribution in [0, 0.1) is 11.3 Å². The number of nitrogens with zero attached hydrogens (tertiary/aromatic N) is 1. The summed E-state index contributed by atoms with van der Waals surface area (Å²) < 4.78 is 49.8. The lowest BCUT2D eigenvalue weighted by Crippen LogP contribution is -2.05. The highest BCUT2D eigenvalue weighted by atomic mass is 35.7. The minimum atomic E-state index is -4.23. The van der Waals surface area contributed by atoms with Gasteiger partial charge in [0.15, 0.2) is 0 Å². The average molecular weight is 284 g/mol. The highest BCUT2D eigenvalue weighted by Gasteiger charge is 2.20. The molecule has 0 aliphatic rings. The van der Waals surface area contributed by atoms with E-state index in [2.05, 4.69) is 4.74 Å². The number of phenolic OH excluding ortho intramolecular Hbond substituents is 1. The predicted octanol–water partition coefficient (Wildman–Crippen LogP) is 1.79. The topological polar surface area (TPSA) is 87.4 Å². The first-order chi connectivity index (χ1) is 7.75. The summed E-state index contributed by atoms with van der Waals surface area (Å²) in [4.78, 5) is -0.647. The Balaban J connectivity index is 3.46. The summed E-state index contributed by atoms with van der Waals surface area (Å²) in [5, 5.41) is 17.9. The van der Waals surface area contributed by atoms with Crippen molar-refractivity contribution < 1.29 is 27.0 Å². The van der Waals surface area contributed by atoms with Gasteiger partial charge in [0.05, 0.1) is 4.90 Å². The molecule has 0 aliphatic heterocycles. The van der Waals surface area contributed by atoms with Gasteiger partial charge < -0.3 is 9.84 Å². The quantitative estimate of drug-likeness (QED) is 0.855. The van der Waals surface area contributed by atoms with Crippen molar-refractivity contribution in [3.63, 3.8) is 0 Å². The standard InChI is InChI=1S/C8H4ClF2NO4S/c9-17(14,15)4-1-6(13)5(3-12)7(2-4)16-8(10)11/h1-2,8,13H. The smallest absolute Gasteiger partial charge is 0.387 e. The van der Waals surface area contributed by atoms with E-state index in [9.17, 15) is 22.3 Å². The van der Waals surface area contributed by atoms with Crippen LogP contribution in [-0.4, -0.2) is 20.1 Å². The fourth-order valence-corrected chi connectivity index (χ4v) is 1.79. The molecule has 0 bridgehead atoms. The van der Waals surface area contributed by atoms with Crippen molar-refractivity contribution in [3.8, 4) is 17.6 Å². The summed E-state index contributed by atoms with van der Waals surface area (Å²) in [5.41, 5.74) is -0.602. The van der Waals surface area contributed by atoms with E-state index in [0.717, 1.165) is 0 Å². The predicted molar refractivity (Wildman–Crippen MR) is 52.5 cm³/mol. The number of rotatable bonds is 3. The summed E-state index contributed by atoms with van der Waals surface area (Å²) >= 11 is 0. The molecule has 0 unspecified atom stereocenters. The zero-order valence-corrected chi connectivity index (χ0v) is 9.47. The van der Waals surface area contributed by atoms with Gasteiger partial charge >= 0.3 is 6.61 Å². The van der Waals surface area contributed by atoms with E-state index in [1.807, 2.05) is 0 Å². The van der Waals surface area contributed by atoms with Crippen LogP contribution in [0.3, 0.4) is 0 Å². The molecule has 0 aliphatic carbocycles. The van der Waals surface area contributed by atoms with Gasteiger partial charge in [-0.15, -0.1) is 0 Å². The minimum absolute atomic E-state index is 0.602. The Kier molecular flexibility index (Phi) is 3.75. The molecule has 0 aromatic heterocycles. The molecule has 0 spiro atoms. The number of halogens is 3. The van der Waals surface area contributed by atoms with Crippen molar-refractivity contribution in [2.24, 2.45) is 0 Å². The highest BCUT2D eigenvalue weighted by Crippen LogP contribution is 2.33. The van der Waals surface area contributed by atoms with E-state index in [0.29, 0.717) is 12.1 Å². The van der Waals surface area contributed by atoms with Gasteiger partial charge in [-0.1, -0.05) is 0 Å². The first-order valence-electron chi connectivity index (χ1n) is 3.92. The van der Waals surface area contributed by atoms with E-state index in [1.54, 1.807) is 0 Å². The number of hydrogen-bond acceptors (Lipinski definition) is 5. The van der Waals surface area contributed by atoms with Crippen molar-refractivity contribution in [1.29, 1.82) is 5.26 Å². The van der Waals surface area contributed by atoms with Gasteiger partial charge in [-0.25, -0.2) is 8.42 Å². The molecule has 92 valence electrons. The van der Waals surface area contributed by atoms with Crippen molar-refractivity contribution in [1.82, 2.24) is 0 Å². The Labute approximate surface area is 99.2 Å². The summed E-state index contributed by atoms with van der Waals surface area (Å²) in [6.45, 7) is -3.27. The first-order valence-corrected chi connectivity index (χ1v) is 6.23. The number of ether oxygens (including phenoxy) is 1. The van der Waals surface area contributed by atoms with Crippen molar-refractivity contribution in [2.75, 3.05) is 0 Å². The molecule has 0 saturated carbocycles. The molecule has 0 amide bonds. The molecule has 17 heavy (non-hydrogen) atoms. The van der Waals surface area contributed by atoms with Crippen LogP contribution in [0.25, 0.3) is 0 Å². The van der Waals surface area contributed by atoms with Gasteiger partial charge in [-0.3, -0.25) is 0 Å². The van der Waals surface area contributed by atoms with Crippen molar-refractivity contribution >= 4 is 19.7 Å². The normalized spacial score (nSPS) is 11.2. The number of hydrogen-bond donors (Lipinski definition) is 1. The van der Waals surface area contributed by atoms with Gasteiger partial charge in [0.2, 0.25) is 0 Å². The third-order valence-electron chi connectivity index (χ3n) is 1.66. The maximum Gasteiger partial charge on any atom is 0.387 e. The number of benzene rings is 1. The number of phenols is 1. The lowest BCUT2D eigenvalue weighted by atomic mass is 10.2. The van der Waals surface area contributed by atoms with Crippen molar-refractivity contribution in [2.45, 2.75) is 11.5 Å². The van der Waals surface area contributed by atoms with Gasteiger partial charge in [-0.05, 0) is 0 Å². The van der Waals surface area contributed by atoms with Crippen LogP contribution < -0.4 is 4.74 Å². The molecule has 0 fully saturated rings. The Bertz CT molecular complexity index is 582. The zero-order valence-electron chi connectivity index (χ0n) is 7.89. The lowest BCUT2D eigenvalue weighted by Gasteiger charge is -2.08. The van der Waals surface area contributed by atoms with Gasteiger partial charge in [0.25, 0.3) is 9.05 Å². The SMILES string of the molecule is N#Cc1c(O)cc(S(=O)(=O)Cl)cc1OC(F)F. The first kappa shape index (κ1) is 13.5. The molecule has 1 N–H and O–H groups in total. The summed E-state index contributed by atoms with van der Waals surface area (Å²) in [5.74, 6) is -1.58. The molecular formula is C8H4ClF2NO4S. The molecule has 5 nitrogen and oxygen atoms in total. The zero-order chi connectivity index (χ0) is 13.2. The van der Waals surface area contributed by atoms with Gasteiger partial charge in [0, 0.05) is 22.8 Å². The summed E-state index contributed by atoms with van der Waals surface area (Å²) in [6, 6.07) is 2.70. The Hall–Kier alpha value is -1.59. The maximum atomic E-state index is 12.0. The third kappa shape index (κ3) is 3.18. The number of aromatic hydroxyl groups is 1. The molecule has 1 rings (SSSR count). The second-order valence-electron chi connectivity index (χ2n) is 2.74. The molecule has 0 saturated heterocycles. The fraction of sp³-hybridized carbons (Fsp3) is 0.125. The van der Waals surface area contributed by atoms with Crippen molar-refractivity contribution in [3.05, 3.63) is 17.7 Å². The van der Waals surface area contributed by atoms with Crippen LogP contribution >= 0.6 is 10.7 Å². The van der Waals surface area contributed by atoms with Crippen LogP contribution in [0.1, 0.15) is 5.56 Å². The molecule has 1 aromatic rings. The second-order valence-corrected chi connectivity index (χ2v) is 5.31. The average Bonchev–Trinajstić information content (AvgIpc) is 2.14. The molecule has 0 heterocycles. The van der Waals surface area contributed by atoms with Crippen LogP contribution in [0.2, 0.25) is 0 Å².